The third kappa shape index (κ3) is 5.69. The lowest BCUT2D eigenvalue weighted by Gasteiger charge is -2.49. The number of hydrogen-bond acceptors (Lipinski definition) is 15. The standard InChI is InChI=1S/C18H22N10O6S3/c19-1-4-34-24-10(9-7-36-17(20)21-9)13(30)22-11-14(31)28-12(16(32)33)8(5-35-15(11)28)6-37-18-23-25-26-27(18)2-3-29/h7,11,15,29H,1-6,19H2,(H2,20,21)(H,22,30)(H,32,33)/b24-10-/t11?,15-/m1/s1. The van der Waals surface area contributed by atoms with E-state index >= 15 is 0 Å². The number of aliphatic hydroxyl groups excluding tert-OH is 1. The summed E-state index contributed by atoms with van der Waals surface area (Å²) in [7, 11) is 0. The average Bonchev–Trinajstić information content (AvgIpc) is 3.51. The lowest BCUT2D eigenvalue weighted by Crippen LogP contribution is -2.71. The highest BCUT2D eigenvalue weighted by atomic mass is 32.2. The number of nitrogens with two attached hydrogens (primary N) is 2. The molecule has 2 amide bonds. The molecule has 0 aliphatic carbocycles. The van der Waals surface area contributed by atoms with Crippen LogP contribution in [0.1, 0.15) is 5.69 Å². The highest BCUT2D eigenvalue weighted by Gasteiger charge is 2.54. The predicted octanol–water partition coefficient (Wildman–Crippen LogP) is -2.09. The number of nitrogens with zero attached hydrogens (tertiary/aromatic N) is 7. The number of carbonyl (C=O) groups excluding carboxylic acids is 2. The molecule has 2 aliphatic rings. The zero-order valence-corrected chi connectivity index (χ0v) is 21.5. The molecule has 0 bridgehead atoms. The van der Waals surface area contributed by atoms with Crippen LogP contribution in [-0.4, -0.2) is 106 Å². The third-order valence-electron chi connectivity index (χ3n) is 5.07. The van der Waals surface area contributed by atoms with Gasteiger partial charge in [0, 0.05) is 23.4 Å². The number of β-lactam (4-membered cyclic amide) rings is 1. The van der Waals surface area contributed by atoms with Crippen LogP contribution in [0.4, 0.5) is 5.13 Å². The Hall–Kier alpha value is -3.26. The van der Waals surface area contributed by atoms with E-state index in [1.54, 1.807) is 0 Å². The van der Waals surface area contributed by atoms with E-state index in [0.717, 1.165) is 16.2 Å². The number of fused-ring (bicyclic) bond motifs is 1. The Morgan fingerprint density at radius 1 is 1.41 bits per heavy atom. The molecule has 7 N–H and O–H groups in total. The number of carboxylic acid groups (broad SMARTS) is 1. The van der Waals surface area contributed by atoms with E-state index in [9.17, 15) is 19.5 Å². The van der Waals surface area contributed by atoms with Crippen LogP contribution in [0.5, 0.6) is 0 Å². The molecule has 2 aromatic heterocycles. The van der Waals surface area contributed by atoms with Gasteiger partial charge in [-0.15, -0.1) is 28.2 Å². The third-order valence-corrected chi connectivity index (χ3v) is 8.12. The number of rotatable bonds is 12. The number of aromatic nitrogens is 5. The monoisotopic (exact) mass is 570 g/mol. The molecule has 4 rings (SSSR count). The van der Waals surface area contributed by atoms with E-state index in [-0.39, 0.29) is 54.3 Å². The van der Waals surface area contributed by atoms with Crippen LogP contribution in [0, 0.1) is 0 Å². The quantitative estimate of drug-likeness (QED) is 0.0605. The molecular formula is C18H22N10O6S3. The van der Waals surface area contributed by atoms with Crippen LogP contribution in [0.3, 0.4) is 0 Å². The predicted molar refractivity (Wildman–Crippen MR) is 133 cm³/mol. The van der Waals surface area contributed by atoms with Gasteiger partial charge in [0.05, 0.1) is 13.2 Å². The number of amides is 2. The van der Waals surface area contributed by atoms with E-state index in [1.807, 2.05) is 0 Å². The molecule has 1 saturated heterocycles. The molecule has 37 heavy (non-hydrogen) atoms. The fourth-order valence-corrected chi connectivity index (χ4v) is 6.39. The van der Waals surface area contributed by atoms with Crippen molar-refractivity contribution in [2.75, 3.05) is 37.0 Å². The Morgan fingerprint density at radius 3 is 2.89 bits per heavy atom. The van der Waals surface area contributed by atoms with Gasteiger partial charge >= 0.3 is 5.97 Å². The minimum Gasteiger partial charge on any atom is -0.477 e. The second-order valence-corrected chi connectivity index (χ2v) is 10.4. The Kier molecular flexibility index (Phi) is 8.59. The summed E-state index contributed by atoms with van der Waals surface area (Å²) >= 11 is 3.61. The van der Waals surface area contributed by atoms with Gasteiger partial charge in [0.1, 0.15) is 29.4 Å². The minimum absolute atomic E-state index is 0.0605. The molecule has 2 atom stereocenters. The second-order valence-electron chi connectivity index (χ2n) is 7.45. The number of hydrogen-bond donors (Lipinski definition) is 5. The van der Waals surface area contributed by atoms with Crippen molar-refractivity contribution < 1.29 is 29.4 Å². The second kappa shape index (κ2) is 11.9. The number of carboxylic acids is 1. The minimum atomic E-state index is -1.26. The number of oxime groups is 1. The lowest BCUT2D eigenvalue weighted by molar-refractivity contribution is -0.150. The highest BCUT2D eigenvalue weighted by molar-refractivity contribution is 8.01. The first kappa shape index (κ1) is 26.8. The first-order chi connectivity index (χ1) is 17.8. The van der Waals surface area contributed by atoms with Crippen LogP contribution in [0.15, 0.2) is 27.0 Å². The average molecular weight is 571 g/mol. The topological polar surface area (TPSA) is 237 Å². The molecule has 198 valence electrons. The fourth-order valence-electron chi connectivity index (χ4n) is 3.45. The molecular weight excluding hydrogens is 548 g/mol. The van der Waals surface area contributed by atoms with Gasteiger partial charge in [-0.3, -0.25) is 14.5 Å². The molecule has 2 aromatic rings. The van der Waals surface area contributed by atoms with Crippen LogP contribution >= 0.6 is 34.9 Å². The number of nitrogens with one attached hydrogen (secondary N) is 1. The van der Waals surface area contributed by atoms with Crippen molar-refractivity contribution in [3.8, 4) is 0 Å². The molecule has 1 fully saturated rings. The van der Waals surface area contributed by atoms with E-state index in [2.05, 4.69) is 31.0 Å². The van der Waals surface area contributed by atoms with E-state index < -0.39 is 29.2 Å². The van der Waals surface area contributed by atoms with Crippen molar-refractivity contribution in [3.05, 3.63) is 22.3 Å². The van der Waals surface area contributed by atoms with Gasteiger partial charge < -0.3 is 31.8 Å². The Bertz CT molecular complexity index is 1250. The normalized spacial score (nSPS) is 19.5. The van der Waals surface area contributed by atoms with Gasteiger partial charge in [0.15, 0.2) is 10.8 Å². The maximum atomic E-state index is 13.0. The van der Waals surface area contributed by atoms with Crippen molar-refractivity contribution >= 4 is 63.5 Å². The van der Waals surface area contributed by atoms with Crippen LogP contribution in [0.2, 0.25) is 0 Å². The van der Waals surface area contributed by atoms with Crippen molar-refractivity contribution in [2.24, 2.45) is 10.9 Å². The van der Waals surface area contributed by atoms with E-state index in [0.29, 0.717) is 16.5 Å². The van der Waals surface area contributed by atoms with E-state index in [1.165, 1.54) is 33.6 Å². The lowest BCUT2D eigenvalue weighted by atomic mass is 10.0. The molecule has 4 heterocycles. The Labute approximate surface area is 221 Å². The maximum absolute atomic E-state index is 13.0. The van der Waals surface area contributed by atoms with Crippen LogP contribution < -0.4 is 16.8 Å². The largest absolute Gasteiger partial charge is 0.477 e. The molecule has 0 aromatic carbocycles. The first-order valence-corrected chi connectivity index (χ1v) is 13.6. The summed E-state index contributed by atoms with van der Waals surface area (Å²) in [6, 6.07) is -0.978. The molecule has 16 nitrogen and oxygen atoms in total. The molecule has 1 unspecified atom stereocenters. The number of nitrogen functional groups attached to an aromatic ring is 1. The van der Waals surface area contributed by atoms with E-state index in [4.69, 9.17) is 21.4 Å². The molecule has 19 heteroatoms. The summed E-state index contributed by atoms with van der Waals surface area (Å²) in [5, 5.41) is 38.1. The van der Waals surface area contributed by atoms with Crippen molar-refractivity contribution in [2.45, 2.75) is 23.1 Å². The zero-order chi connectivity index (χ0) is 26.5. The Balaban J connectivity index is 1.48. The van der Waals surface area contributed by atoms with Gasteiger partial charge in [0.25, 0.3) is 11.8 Å². The first-order valence-electron chi connectivity index (χ1n) is 10.7. The highest BCUT2D eigenvalue weighted by Crippen LogP contribution is 2.41. The van der Waals surface area contributed by atoms with Crippen molar-refractivity contribution in [1.29, 1.82) is 0 Å². The summed E-state index contributed by atoms with van der Waals surface area (Å²) in [6.07, 6.45) is 0. The molecule has 0 spiro atoms. The number of thiazole rings is 1. The van der Waals surface area contributed by atoms with Gasteiger partial charge in [-0.1, -0.05) is 16.9 Å². The maximum Gasteiger partial charge on any atom is 0.352 e. The number of aliphatic carboxylic acids is 1. The van der Waals surface area contributed by atoms with Gasteiger partial charge in [0.2, 0.25) is 5.16 Å². The molecule has 2 aliphatic heterocycles. The van der Waals surface area contributed by atoms with Crippen LogP contribution in [-0.2, 0) is 25.8 Å². The molecule has 0 saturated carbocycles. The SMILES string of the molecule is NCCO/N=C(\C(=O)NC1C(=O)N2C(C(=O)O)=C(CSc3nnnn3CCO)CS[C@H]12)c1csc(N)n1. The van der Waals surface area contributed by atoms with Crippen LogP contribution in [0.25, 0.3) is 0 Å². The summed E-state index contributed by atoms with van der Waals surface area (Å²) in [4.78, 5) is 48.3. The van der Waals surface area contributed by atoms with Gasteiger partial charge in [-0.25, -0.2) is 14.5 Å². The summed E-state index contributed by atoms with van der Waals surface area (Å²) < 4.78 is 1.40. The number of anilines is 1. The van der Waals surface area contributed by atoms with Crippen molar-refractivity contribution in [3.63, 3.8) is 0 Å². The molecule has 0 radical (unpaired) electrons. The Morgan fingerprint density at radius 2 is 2.22 bits per heavy atom. The smallest absolute Gasteiger partial charge is 0.352 e. The zero-order valence-electron chi connectivity index (χ0n) is 19.0. The number of thioether (sulfide) groups is 2. The van der Waals surface area contributed by atoms with Gasteiger partial charge in [-0.2, -0.15) is 0 Å². The fraction of sp³-hybridized carbons (Fsp3) is 0.444. The number of tetrazole rings is 1. The summed E-state index contributed by atoms with van der Waals surface area (Å²) in [5.41, 5.74) is 11.4. The van der Waals surface area contributed by atoms with Crippen molar-refractivity contribution in [1.82, 2.24) is 35.4 Å². The summed E-state index contributed by atoms with van der Waals surface area (Å²) in [6.45, 7) is 0.271. The number of aliphatic hydroxyl groups is 1. The van der Waals surface area contributed by atoms with Gasteiger partial charge in [-0.05, 0) is 16.0 Å². The number of carbonyl (C=O) groups is 3. The summed E-state index contributed by atoms with van der Waals surface area (Å²) in [5.74, 6) is -2.03.